The summed E-state index contributed by atoms with van der Waals surface area (Å²) >= 11 is 0. The van der Waals surface area contributed by atoms with Gasteiger partial charge in [-0.1, -0.05) is 0 Å². The maximum Gasteiger partial charge on any atom is 0.0509 e. The molecule has 0 radical (unpaired) electrons. The fraction of sp³-hybridized carbons (Fsp3) is 1.00. The van der Waals surface area contributed by atoms with Crippen LogP contribution in [0.1, 0.15) is 32.6 Å². The number of ether oxygens (including phenoxy) is 1. The lowest BCUT2D eigenvalue weighted by molar-refractivity contribution is 0.176. The van der Waals surface area contributed by atoms with Crippen LogP contribution in [0, 0.1) is 5.92 Å². The van der Waals surface area contributed by atoms with Crippen molar-refractivity contribution in [3.63, 3.8) is 0 Å². The summed E-state index contributed by atoms with van der Waals surface area (Å²) in [4.78, 5) is 0. The van der Waals surface area contributed by atoms with Gasteiger partial charge < -0.3 is 15.4 Å². The minimum Gasteiger partial charge on any atom is -0.381 e. The van der Waals surface area contributed by atoms with E-state index in [9.17, 15) is 0 Å². The lowest BCUT2D eigenvalue weighted by Crippen LogP contribution is -2.41. The van der Waals surface area contributed by atoms with Gasteiger partial charge >= 0.3 is 0 Å². The molecule has 3 nitrogen and oxygen atoms in total. The topological polar surface area (TPSA) is 33.3 Å². The molecule has 0 aromatic heterocycles. The monoisotopic (exact) mass is 212 g/mol. The predicted octanol–water partition coefficient (Wildman–Crippen LogP) is 1.14. The van der Waals surface area contributed by atoms with Crippen LogP contribution in [0.4, 0.5) is 0 Å². The fourth-order valence-electron chi connectivity index (χ4n) is 2.64. The Hall–Kier alpha value is -0.120. The minimum atomic E-state index is 0.621. The molecule has 3 atom stereocenters. The molecule has 2 saturated heterocycles. The summed E-state index contributed by atoms with van der Waals surface area (Å²) in [5, 5.41) is 7.24. The van der Waals surface area contributed by atoms with Crippen LogP contribution < -0.4 is 10.6 Å². The van der Waals surface area contributed by atoms with Crippen molar-refractivity contribution in [1.29, 1.82) is 0 Å². The molecular weight excluding hydrogens is 188 g/mol. The molecule has 0 aromatic rings. The fourth-order valence-corrected chi connectivity index (χ4v) is 2.64. The van der Waals surface area contributed by atoms with Gasteiger partial charge in [0.05, 0.1) is 6.61 Å². The van der Waals surface area contributed by atoms with Gasteiger partial charge in [0.25, 0.3) is 0 Å². The second-order valence-electron chi connectivity index (χ2n) is 4.96. The molecular formula is C12H24N2O. The van der Waals surface area contributed by atoms with Crippen molar-refractivity contribution in [3.05, 3.63) is 0 Å². The van der Waals surface area contributed by atoms with Crippen molar-refractivity contribution >= 4 is 0 Å². The van der Waals surface area contributed by atoms with E-state index in [2.05, 4.69) is 17.6 Å². The van der Waals surface area contributed by atoms with Crippen molar-refractivity contribution in [3.8, 4) is 0 Å². The maximum absolute atomic E-state index is 5.44. The molecule has 3 unspecified atom stereocenters. The molecule has 0 amide bonds. The summed E-state index contributed by atoms with van der Waals surface area (Å²) in [7, 11) is 0. The lowest BCUT2D eigenvalue weighted by atomic mass is 9.98. The molecule has 2 aliphatic heterocycles. The Kier molecular flexibility index (Phi) is 4.42. The first-order valence-electron chi connectivity index (χ1n) is 6.41. The zero-order valence-electron chi connectivity index (χ0n) is 9.80. The van der Waals surface area contributed by atoms with Crippen molar-refractivity contribution in [1.82, 2.24) is 10.6 Å². The van der Waals surface area contributed by atoms with Crippen LogP contribution >= 0.6 is 0 Å². The van der Waals surface area contributed by atoms with E-state index < -0.39 is 0 Å². The highest BCUT2D eigenvalue weighted by Crippen LogP contribution is 2.18. The SMILES string of the molecule is CC(NC1CCCNCC1)C1CCOC1. The highest BCUT2D eigenvalue weighted by Gasteiger charge is 2.24. The first-order chi connectivity index (χ1) is 7.36. The van der Waals surface area contributed by atoms with Crippen molar-refractivity contribution in [2.45, 2.75) is 44.7 Å². The minimum absolute atomic E-state index is 0.621. The third-order valence-corrected chi connectivity index (χ3v) is 3.75. The highest BCUT2D eigenvalue weighted by molar-refractivity contribution is 4.81. The molecule has 2 heterocycles. The highest BCUT2D eigenvalue weighted by atomic mass is 16.5. The normalized spacial score (nSPS) is 35.0. The molecule has 0 bridgehead atoms. The van der Waals surface area contributed by atoms with Gasteiger partial charge in [-0.2, -0.15) is 0 Å². The molecule has 0 saturated carbocycles. The number of hydrogen-bond acceptors (Lipinski definition) is 3. The van der Waals surface area contributed by atoms with Crippen LogP contribution in [0.5, 0.6) is 0 Å². The summed E-state index contributed by atoms with van der Waals surface area (Å²) in [6.07, 6.45) is 5.15. The van der Waals surface area contributed by atoms with Crippen LogP contribution in [0.2, 0.25) is 0 Å². The first kappa shape index (κ1) is 11.4. The third kappa shape index (κ3) is 3.44. The molecule has 2 aliphatic rings. The van der Waals surface area contributed by atoms with Gasteiger partial charge in [0.15, 0.2) is 0 Å². The lowest BCUT2D eigenvalue weighted by Gasteiger charge is -2.25. The summed E-state index contributed by atoms with van der Waals surface area (Å²) in [6, 6.07) is 1.34. The quantitative estimate of drug-likeness (QED) is 0.736. The molecule has 0 spiro atoms. The first-order valence-corrected chi connectivity index (χ1v) is 6.41. The van der Waals surface area contributed by atoms with Gasteiger partial charge in [0.2, 0.25) is 0 Å². The molecule has 0 aromatic carbocycles. The zero-order valence-corrected chi connectivity index (χ0v) is 9.80. The van der Waals surface area contributed by atoms with Gasteiger partial charge in [0.1, 0.15) is 0 Å². The van der Waals surface area contributed by atoms with E-state index in [4.69, 9.17) is 4.74 Å². The van der Waals surface area contributed by atoms with E-state index in [1.165, 1.54) is 38.8 Å². The number of hydrogen-bond donors (Lipinski definition) is 2. The van der Waals surface area contributed by atoms with Crippen LogP contribution in [-0.4, -0.2) is 38.4 Å². The van der Waals surface area contributed by atoms with Gasteiger partial charge in [-0.3, -0.25) is 0 Å². The Balaban J connectivity index is 1.73. The zero-order chi connectivity index (χ0) is 10.5. The molecule has 2 N–H and O–H groups in total. The number of nitrogens with one attached hydrogen (secondary N) is 2. The van der Waals surface area contributed by atoms with E-state index >= 15 is 0 Å². The van der Waals surface area contributed by atoms with E-state index in [0.717, 1.165) is 25.2 Å². The van der Waals surface area contributed by atoms with E-state index in [-0.39, 0.29) is 0 Å². The third-order valence-electron chi connectivity index (χ3n) is 3.75. The summed E-state index contributed by atoms with van der Waals surface area (Å²) in [5.74, 6) is 0.737. The van der Waals surface area contributed by atoms with Crippen LogP contribution in [0.25, 0.3) is 0 Å². The largest absolute Gasteiger partial charge is 0.381 e. The number of rotatable bonds is 3. The standard InChI is InChI=1S/C12H24N2O/c1-10(11-5-8-15-9-11)14-12-3-2-6-13-7-4-12/h10-14H,2-9H2,1H3. The van der Waals surface area contributed by atoms with Gasteiger partial charge in [-0.25, -0.2) is 0 Å². The van der Waals surface area contributed by atoms with Gasteiger partial charge in [-0.15, -0.1) is 0 Å². The Morgan fingerprint density at radius 1 is 1.27 bits per heavy atom. The smallest absolute Gasteiger partial charge is 0.0509 e. The van der Waals surface area contributed by atoms with Crippen LogP contribution in [0.15, 0.2) is 0 Å². The Bertz CT molecular complexity index is 172. The van der Waals surface area contributed by atoms with E-state index in [1.807, 2.05) is 0 Å². The van der Waals surface area contributed by atoms with E-state index in [0.29, 0.717) is 6.04 Å². The van der Waals surface area contributed by atoms with Crippen molar-refractivity contribution < 1.29 is 4.74 Å². The predicted molar refractivity (Wildman–Crippen MR) is 62.0 cm³/mol. The van der Waals surface area contributed by atoms with E-state index in [1.54, 1.807) is 0 Å². The van der Waals surface area contributed by atoms with Crippen molar-refractivity contribution in [2.75, 3.05) is 26.3 Å². The summed E-state index contributed by atoms with van der Waals surface area (Å²) < 4.78 is 5.44. The van der Waals surface area contributed by atoms with Gasteiger partial charge in [-0.05, 0) is 51.6 Å². The maximum atomic E-state index is 5.44. The molecule has 15 heavy (non-hydrogen) atoms. The molecule has 2 fully saturated rings. The molecule has 3 heteroatoms. The molecule has 2 rings (SSSR count). The summed E-state index contributed by atoms with van der Waals surface area (Å²) in [6.45, 7) is 6.60. The Labute approximate surface area is 93.0 Å². The van der Waals surface area contributed by atoms with Crippen LogP contribution in [-0.2, 0) is 4.74 Å². The molecule has 88 valence electrons. The Morgan fingerprint density at radius 2 is 2.20 bits per heavy atom. The van der Waals surface area contributed by atoms with Crippen molar-refractivity contribution in [2.24, 2.45) is 5.92 Å². The average Bonchev–Trinajstić information content (AvgIpc) is 2.65. The van der Waals surface area contributed by atoms with Gasteiger partial charge in [0, 0.05) is 18.7 Å². The Morgan fingerprint density at radius 3 is 3.00 bits per heavy atom. The molecule has 0 aliphatic carbocycles. The average molecular weight is 212 g/mol. The second-order valence-corrected chi connectivity index (χ2v) is 4.96. The second kappa shape index (κ2) is 5.83. The summed E-state index contributed by atoms with van der Waals surface area (Å²) in [5.41, 5.74) is 0. The van der Waals surface area contributed by atoms with Crippen LogP contribution in [0.3, 0.4) is 0 Å².